The van der Waals surface area contributed by atoms with Crippen LogP contribution in [0.2, 0.25) is 0 Å². The molecule has 92 valence electrons. The van der Waals surface area contributed by atoms with Crippen molar-refractivity contribution in [3.05, 3.63) is 35.7 Å². The quantitative estimate of drug-likeness (QED) is 0.813. The second-order valence-electron chi connectivity index (χ2n) is 4.70. The van der Waals surface area contributed by atoms with Gasteiger partial charge in [-0.3, -0.25) is 4.98 Å². The number of aromatic nitrogens is 1. The lowest BCUT2D eigenvalue weighted by molar-refractivity contribution is 0.674. The molecule has 2 N–H and O–H groups in total. The molecule has 0 fully saturated rings. The van der Waals surface area contributed by atoms with Gasteiger partial charge in [-0.15, -0.1) is 0 Å². The highest BCUT2D eigenvalue weighted by molar-refractivity contribution is 5.46. The van der Waals surface area contributed by atoms with Crippen molar-refractivity contribution in [1.29, 1.82) is 0 Å². The van der Waals surface area contributed by atoms with E-state index in [2.05, 4.69) is 41.9 Å². The Morgan fingerprint density at radius 1 is 1.47 bits per heavy atom. The van der Waals surface area contributed by atoms with Gasteiger partial charge in [0.1, 0.15) is 0 Å². The Labute approximate surface area is 103 Å². The highest BCUT2D eigenvalue weighted by atomic mass is 15.1. The molecule has 3 heteroatoms. The van der Waals surface area contributed by atoms with Gasteiger partial charge in [0.15, 0.2) is 0 Å². The fourth-order valence-electron chi connectivity index (χ4n) is 2.02. The number of rotatable bonds is 3. The minimum Gasteiger partial charge on any atom is -0.366 e. The van der Waals surface area contributed by atoms with Crippen LogP contribution in [0.1, 0.15) is 38.4 Å². The van der Waals surface area contributed by atoms with Gasteiger partial charge < -0.3 is 10.6 Å². The Kier molecular flexibility index (Phi) is 3.79. The number of hydrogen-bond donors (Lipinski definition) is 1. The van der Waals surface area contributed by atoms with Crippen molar-refractivity contribution < 1.29 is 0 Å². The van der Waals surface area contributed by atoms with Crippen LogP contribution in [0.15, 0.2) is 30.0 Å². The smallest absolute Gasteiger partial charge is 0.0572 e. The number of hydrogen-bond acceptors (Lipinski definition) is 3. The molecule has 1 unspecified atom stereocenters. The lowest BCUT2D eigenvalue weighted by Gasteiger charge is -2.27. The Bertz CT molecular complexity index is 394. The second-order valence-corrected chi connectivity index (χ2v) is 4.70. The summed E-state index contributed by atoms with van der Waals surface area (Å²) in [6.07, 6.45) is 6.31. The number of nitrogens with zero attached hydrogens (tertiary/aromatic N) is 2. The summed E-state index contributed by atoms with van der Waals surface area (Å²) in [6.45, 7) is 6.35. The Balaban J connectivity index is 2.08. The van der Waals surface area contributed by atoms with Gasteiger partial charge in [0, 0.05) is 19.1 Å². The normalized spacial score (nSPS) is 17.8. The van der Waals surface area contributed by atoms with E-state index < -0.39 is 0 Å². The van der Waals surface area contributed by atoms with E-state index in [1.54, 1.807) is 0 Å². The highest BCUT2D eigenvalue weighted by Crippen LogP contribution is 2.20. The third-order valence-electron chi connectivity index (χ3n) is 3.39. The molecule has 1 aliphatic rings. The van der Waals surface area contributed by atoms with Crippen LogP contribution in [0.3, 0.4) is 0 Å². The van der Waals surface area contributed by atoms with Gasteiger partial charge >= 0.3 is 0 Å². The third-order valence-corrected chi connectivity index (χ3v) is 3.39. The van der Waals surface area contributed by atoms with Crippen molar-refractivity contribution in [3.8, 4) is 0 Å². The summed E-state index contributed by atoms with van der Waals surface area (Å²) in [6, 6.07) is 4.24. The molecule has 0 bridgehead atoms. The van der Waals surface area contributed by atoms with Crippen molar-refractivity contribution in [2.24, 2.45) is 5.73 Å². The molecule has 0 amide bonds. The number of pyridine rings is 1. The van der Waals surface area contributed by atoms with E-state index in [4.69, 9.17) is 5.73 Å². The Hall–Kier alpha value is -1.35. The molecule has 1 aromatic rings. The summed E-state index contributed by atoms with van der Waals surface area (Å²) in [7, 11) is 0. The largest absolute Gasteiger partial charge is 0.366 e. The van der Waals surface area contributed by atoms with Crippen molar-refractivity contribution in [1.82, 2.24) is 4.98 Å². The fraction of sp³-hybridized carbons (Fsp3) is 0.500. The predicted molar refractivity (Wildman–Crippen MR) is 72.0 cm³/mol. The molecule has 0 aromatic carbocycles. The summed E-state index contributed by atoms with van der Waals surface area (Å²) in [5.41, 5.74) is 9.62. The van der Waals surface area contributed by atoms with Crippen LogP contribution in [0.25, 0.3) is 0 Å². The third kappa shape index (κ3) is 2.86. The second kappa shape index (κ2) is 5.32. The summed E-state index contributed by atoms with van der Waals surface area (Å²) in [5.74, 6) is 0. The summed E-state index contributed by atoms with van der Waals surface area (Å²) < 4.78 is 0. The summed E-state index contributed by atoms with van der Waals surface area (Å²) in [4.78, 5) is 6.80. The van der Waals surface area contributed by atoms with Crippen LogP contribution in [-0.2, 0) is 0 Å². The van der Waals surface area contributed by atoms with E-state index in [1.807, 2.05) is 6.20 Å². The van der Waals surface area contributed by atoms with Crippen molar-refractivity contribution >= 4 is 5.69 Å². The van der Waals surface area contributed by atoms with Crippen LogP contribution in [0, 0.1) is 0 Å². The van der Waals surface area contributed by atoms with E-state index in [9.17, 15) is 0 Å². The zero-order valence-electron chi connectivity index (χ0n) is 10.7. The molecule has 0 radical (unpaired) electrons. The molecule has 2 heterocycles. The van der Waals surface area contributed by atoms with Crippen molar-refractivity contribution in [3.63, 3.8) is 0 Å². The van der Waals surface area contributed by atoms with E-state index in [0.717, 1.165) is 31.6 Å². The first-order chi connectivity index (χ1) is 8.20. The summed E-state index contributed by atoms with van der Waals surface area (Å²) >= 11 is 0. The maximum Gasteiger partial charge on any atom is 0.0572 e. The molecule has 2 rings (SSSR count). The topological polar surface area (TPSA) is 42.1 Å². The van der Waals surface area contributed by atoms with Gasteiger partial charge in [-0.1, -0.05) is 18.6 Å². The minimum atomic E-state index is 0.0625. The van der Waals surface area contributed by atoms with Crippen LogP contribution in [0.5, 0.6) is 0 Å². The zero-order valence-corrected chi connectivity index (χ0v) is 10.7. The lowest BCUT2D eigenvalue weighted by atomic mass is 10.1. The first kappa shape index (κ1) is 12.1. The maximum atomic E-state index is 5.96. The highest BCUT2D eigenvalue weighted by Gasteiger charge is 2.11. The minimum absolute atomic E-state index is 0.0625. The molecule has 0 saturated carbocycles. The monoisotopic (exact) mass is 231 g/mol. The predicted octanol–water partition coefficient (Wildman–Crippen LogP) is 2.65. The van der Waals surface area contributed by atoms with Crippen molar-refractivity contribution in [2.45, 2.75) is 32.7 Å². The van der Waals surface area contributed by atoms with Gasteiger partial charge in [-0.05, 0) is 31.9 Å². The number of anilines is 1. The molecule has 1 aliphatic heterocycles. The number of nitrogens with two attached hydrogens (primary N) is 1. The first-order valence-corrected chi connectivity index (χ1v) is 6.33. The molecular formula is C14H21N3. The van der Waals surface area contributed by atoms with Crippen LogP contribution in [0.4, 0.5) is 5.69 Å². The molecule has 0 saturated heterocycles. The first-order valence-electron chi connectivity index (χ1n) is 6.33. The van der Waals surface area contributed by atoms with E-state index in [1.165, 1.54) is 11.3 Å². The van der Waals surface area contributed by atoms with E-state index in [0.29, 0.717) is 0 Å². The van der Waals surface area contributed by atoms with Gasteiger partial charge in [0.25, 0.3) is 0 Å². The Morgan fingerprint density at radius 3 is 2.82 bits per heavy atom. The standard InChI is InChI=1S/C14H21N3/c1-3-13(15)14-5-4-12(10-16-14)17-8-6-11(2)7-9-17/h4-6,10,13H,3,7-9,15H2,1-2H3. The molecular weight excluding hydrogens is 210 g/mol. The van der Waals surface area contributed by atoms with Gasteiger partial charge in [-0.2, -0.15) is 0 Å². The SMILES string of the molecule is CCC(N)c1ccc(N2CC=C(C)CC2)cn1. The van der Waals surface area contributed by atoms with Crippen molar-refractivity contribution in [2.75, 3.05) is 18.0 Å². The molecule has 3 nitrogen and oxygen atoms in total. The summed E-state index contributed by atoms with van der Waals surface area (Å²) in [5, 5.41) is 0. The Morgan fingerprint density at radius 2 is 2.29 bits per heavy atom. The van der Waals surface area contributed by atoms with Crippen LogP contribution in [-0.4, -0.2) is 18.1 Å². The zero-order chi connectivity index (χ0) is 12.3. The lowest BCUT2D eigenvalue weighted by Crippen LogP contribution is -2.28. The van der Waals surface area contributed by atoms with Crippen LogP contribution >= 0.6 is 0 Å². The van der Waals surface area contributed by atoms with E-state index >= 15 is 0 Å². The fourth-order valence-corrected chi connectivity index (χ4v) is 2.02. The van der Waals surface area contributed by atoms with E-state index in [-0.39, 0.29) is 6.04 Å². The van der Waals surface area contributed by atoms with Gasteiger partial charge in [-0.25, -0.2) is 0 Å². The molecule has 17 heavy (non-hydrogen) atoms. The van der Waals surface area contributed by atoms with Crippen LogP contribution < -0.4 is 10.6 Å². The molecule has 0 spiro atoms. The van der Waals surface area contributed by atoms with Gasteiger partial charge in [0.05, 0.1) is 17.6 Å². The molecule has 0 aliphatic carbocycles. The van der Waals surface area contributed by atoms with Gasteiger partial charge in [0.2, 0.25) is 0 Å². The molecule has 1 aromatic heterocycles. The molecule has 1 atom stereocenters. The maximum absolute atomic E-state index is 5.96. The average molecular weight is 231 g/mol. The average Bonchev–Trinajstić information content (AvgIpc) is 2.39.